The minimum absolute atomic E-state index is 0.0266. The highest BCUT2D eigenvalue weighted by molar-refractivity contribution is 6.04. The Hall–Kier alpha value is -3.43. The summed E-state index contributed by atoms with van der Waals surface area (Å²) in [4.78, 5) is 27.0. The third-order valence-electron chi connectivity index (χ3n) is 6.40. The van der Waals surface area contributed by atoms with Crippen molar-refractivity contribution in [1.29, 1.82) is 0 Å². The van der Waals surface area contributed by atoms with Crippen LogP contribution in [0.2, 0.25) is 0 Å². The Morgan fingerprint density at radius 1 is 1.11 bits per heavy atom. The molecule has 9 heteroatoms. The van der Waals surface area contributed by atoms with E-state index in [2.05, 4.69) is 10.4 Å². The minimum atomic E-state index is -0.257. The molecule has 36 heavy (non-hydrogen) atoms. The van der Waals surface area contributed by atoms with Gasteiger partial charge in [0, 0.05) is 37.2 Å². The van der Waals surface area contributed by atoms with Crippen molar-refractivity contribution in [1.82, 2.24) is 9.91 Å². The number of amides is 2. The Balaban J connectivity index is 1.38. The SMILES string of the molecule is CCOc1cc(C2=NN(Cc3ccc(NC(=O)CN4CCC(O)CC4)cc3)C(=O)CC2)ccc1OC. The molecule has 0 aromatic heterocycles. The Morgan fingerprint density at radius 3 is 2.56 bits per heavy atom. The highest BCUT2D eigenvalue weighted by atomic mass is 16.5. The third kappa shape index (κ3) is 6.61. The molecule has 2 heterocycles. The number of anilines is 1. The number of likely N-dealkylation sites (tertiary alicyclic amines) is 1. The number of hydrazone groups is 1. The summed E-state index contributed by atoms with van der Waals surface area (Å²) in [6, 6.07) is 13.1. The van der Waals surface area contributed by atoms with E-state index in [4.69, 9.17) is 9.47 Å². The topological polar surface area (TPSA) is 104 Å². The number of methoxy groups -OCH3 is 1. The van der Waals surface area contributed by atoms with Gasteiger partial charge in [0.2, 0.25) is 11.8 Å². The minimum Gasteiger partial charge on any atom is -0.493 e. The van der Waals surface area contributed by atoms with E-state index < -0.39 is 0 Å². The van der Waals surface area contributed by atoms with Gasteiger partial charge in [-0.1, -0.05) is 12.1 Å². The zero-order valence-electron chi connectivity index (χ0n) is 20.9. The summed E-state index contributed by atoms with van der Waals surface area (Å²) in [5, 5.41) is 18.7. The fourth-order valence-corrected chi connectivity index (χ4v) is 4.40. The third-order valence-corrected chi connectivity index (χ3v) is 6.40. The summed E-state index contributed by atoms with van der Waals surface area (Å²) in [5.41, 5.74) is 3.35. The van der Waals surface area contributed by atoms with Gasteiger partial charge in [-0.15, -0.1) is 0 Å². The molecule has 0 saturated carbocycles. The number of nitrogens with zero attached hydrogens (tertiary/aromatic N) is 3. The lowest BCUT2D eigenvalue weighted by atomic mass is 10.0. The Kier molecular flexibility index (Phi) is 8.56. The van der Waals surface area contributed by atoms with Gasteiger partial charge < -0.3 is 19.9 Å². The van der Waals surface area contributed by atoms with Gasteiger partial charge in [0.15, 0.2) is 11.5 Å². The number of aliphatic hydroxyl groups is 1. The van der Waals surface area contributed by atoms with Crippen LogP contribution < -0.4 is 14.8 Å². The second-order valence-corrected chi connectivity index (χ2v) is 9.05. The molecule has 0 unspecified atom stereocenters. The Bertz CT molecular complexity index is 1090. The number of carbonyl (C=O) groups is 2. The lowest BCUT2D eigenvalue weighted by Crippen LogP contribution is -2.40. The first-order valence-corrected chi connectivity index (χ1v) is 12.4. The average Bonchev–Trinajstić information content (AvgIpc) is 2.88. The number of rotatable bonds is 9. The van der Waals surface area contributed by atoms with E-state index in [1.165, 1.54) is 5.01 Å². The molecular weight excluding hydrogens is 460 g/mol. The van der Waals surface area contributed by atoms with Crippen molar-refractivity contribution in [2.75, 3.05) is 38.7 Å². The van der Waals surface area contributed by atoms with E-state index in [9.17, 15) is 14.7 Å². The standard InChI is InChI=1S/C27H34N4O5/c1-3-36-25-16-20(6-10-24(25)35-2)23-9-11-27(34)31(29-23)17-19-4-7-21(8-5-19)28-26(33)18-30-14-12-22(32)13-15-30/h4-8,10,16,22,32H,3,9,11-15,17-18H2,1-2H3,(H,28,33). The molecule has 2 aromatic carbocycles. The molecule has 0 spiro atoms. The Labute approximate surface area is 211 Å². The number of aliphatic hydroxyl groups excluding tert-OH is 1. The normalized spacial score (nSPS) is 17.0. The van der Waals surface area contributed by atoms with Crippen LogP contribution in [0, 0.1) is 0 Å². The van der Waals surface area contributed by atoms with Crippen LogP contribution in [-0.4, -0.2) is 72.0 Å². The first-order valence-electron chi connectivity index (χ1n) is 12.4. The van der Waals surface area contributed by atoms with Crippen LogP contribution in [-0.2, 0) is 16.1 Å². The zero-order valence-corrected chi connectivity index (χ0v) is 20.9. The molecule has 2 amide bonds. The largest absolute Gasteiger partial charge is 0.493 e. The van der Waals surface area contributed by atoms with Gasteiger partial charge in [0.25, 0.3) is 0 Å². The highest BCUT2D eigenvalue weighted by Crippen LogP contribution is 2.30. The van der Waals surface area contributed by atoms with Crippen molar-refractivity contribution in [2.24, 2.45) is 5.10 Å². The first-order chi connectivity index (χ1) is 17.4. The van der Waals surface area contributed by atoms with Gasteiger partial charge in [-0.05, 0) is 55.7 Å². The number of benzene rings is 2. The predicted molar refractivity (Wildman–Crippen MR) is 137 cm³/mol. The van der Waals surface area contributed by atoms with Crippen molar-refractivity contribution in [3.63, 3.8) is 0 Å². The molecular formula is C27H34N4O5. The summed E-state index contributed by atoms with van der Waals surface area (Å²) < 4.78 is 11.1. The van der Waals surface area contributed by atoms with E-state index in [1.807, 2.05) is 54.3 Å². The van der Waals surface area contributed by atoms with Crippen molar-refractivity contribution in [3.05, 3.63) is 53.6 Å². The monoisotopic (exact) mass is 494 g/mol. The maximum atomic E-state index is 12.6. The molecule has 2 aromatic rings. The second-order valence-electron chi connectivity index (χ2n) is 9.05. The van der Waals surface area contributed by atoms with E-state index >= 15 is 0 Å². The number of hydrogen-bond acceptors (Lipinski definition) is 7. The molecule has 1 saturated heterocycles. The van der Waals surface area contributed by atoms with Crippen LogP contribution in [0.25, 0.3) is 0 Å². The summed E-state index contributed by atoms with van der Waals surface area (Å²) in [5.74, 6) is 1.21. The van der Waals surface area contributed by atoms with Crippen molar-refractivity contribution < 1.29 is 24.2 Å². The maximum absolute atomic E-state index is 12.6. The smallest absolute Gasteiger partial charge is 0.243 e. The summed E-state index contributed by atoms with van der Waals surface area (Å²) in [6.45, 7) is 4.55. The van der Waals surface area contributed by atoms with Crippen LogP contribution in [0.5, 0.6) is 11.5 Å². The molecule has 2 aliphatic heterocycles. The molecule has 1 fully saturated rings. The van der Waals surface area contributed by atoms with Crippen LogP contribution in [0.3, 0.4) is 0 Å². The molecule has 0 bridgehead atoms. The number of hydrogen-bond donors (Lipinski definition) is 2. The summed E-state index contributed by atoms with van der Waals surface area (Å²) in [7, 11) is 1.60. The number of nitrogens with one attached hydrogen (secondary N) is 1. The molecule has 2 aliphatic rings. The van der Waals surface area contributed by atoms with Gasteiger partial charge in [-0.3, -0.25) is 14.5 Å². The van der Waals surface area contributed by atoms with Gasteiger partial charge in [-0.25, -0.2) is 5.01 Å². The van der Waals surface area contributed by atoms with E-state index in [0.717, 1.165) is 29.9 Å². The fourth-order valence-electron chi connectivity index (χ4n) is 4.40. The summed E-state index contributed by atoms with van der Waals surface area (Å²) in [6.07, 6.45) is 2.10. The summed E-state index contributed by atoms with van der Waals surface area (Å²) >= 11 is 0. The molecule has 2 N–H and O–H groups in total. The molecule has 0 atom stereocenters. The van der Waals surface area contributed by atoms with E-state index in [1.54, 1.807) is 7.11 Å². The van der Waals surface area contributed by atoms with Crippen LogP contribution in [0.1, 0.15) is 43.7 Å². The zero-order chi connectivity index (χ0) is 25.5. The van der Waals surface area contributed by atoms with Gasteiger partial charge in [-0.2, -0.15) is 5.10 Å². The van der Waals surface area contributed by atoms with Gasteiger partial charge >= 0.3 is 0 Å². The molecule has 9 nitrogen and oxygen atoms in total. The lowest BCUT2D eigenvalue weighted by molar-refractivity contribution is -0.132. The molecule has 192 valence electrons. The fraction of sp³-hybridized carbons (Fsp3) is 0.444. The Morgan fingerprint density at radius 2 is 1.86 bits per heavy atom. The van der Waals surface area contributed by atoms with Crippen LogP contribution >= 0.6 is 0 Å². The van der Waals surface area contributed by atoms with E-state index in [-0.39, 0.29) is 17.9 Å². The quantitative estimate of drug-likeness (QED) is 0.556. The van der Waals surface area contributed by atoms with Gasteiger partial charge in [0.1, 0.15) is 0 Å². The van der Waals surface area contributed by atoms with E-state index in [0.29, 0.717) is 62.6 Å². The van der Waals surface area contributed by atoms with Crippen molar-refractivity contribution >= 4 is 23.2 Å². The van der Waals surface area contributed by atoms with Crippen molar-refractivity contribution in [3.8, 4) is 11.5 Å². The predicted octanol–water partition coefficient (Wildman–Crippen LogP) is 3.02. The molecule has 0 aliphatic carbocycles. The number of carbonyl (C=O) groups excluding carboxylic acids is 2. The second kappa shape index (κ2) is 12.0. The highest BCUT2D eigenvalue weighted by Gasteiger charge is 2.23. The van der Waals surface area contributed by atoms with Crippen LogP contribution in [0.15, 0.2) is 47.6 Å². The number of ether oxygens (including phenoxy) is 2. The lowest BCUT2D eigenvalue weighted by Gasteiger charge is -2.28. The average molecular weight is 495 g/mol. The first kappa shape index (κ1) is 25.7. The molecule has 4 rings (SSSR count). The van der Waals surface area contributed by atoms with Crippen molar-refractivity contribution in [2.45, 2.75) is 45.3 Å². The molecule has 0 radical (unpaired) electrons. The van der Waals surface area contributed by atoms with Gasteiger partial charge in [0.05, 0.1) is 38.6 Å². The maximum Gasteiger partial charge on any atom is 0.243 e. The number of piperidine rings is 1. The van der Waals surface area contributed by atoms with Crippen LogP contribution in [0.4, 0.5) is 5.69 Å².